The molecule has 1 N–H and O–H groups in total. The number of benzene rings is 2. The molecule has 0 radical (unpaired) electrons. The Morgan fingerprint density at radius 2 is 1.59 bits per heavy atom. The van der Waals surface area contributed by atoms with Crippen LogP contribution < -0.4 is 0 Å². The van der Waals surface area contributed by atoms with Crippen molar-refractivity contribution in [3.63, 3.8) is 0 Å². The minimum atomic E-state index is 0.936. The average molecular weight is 287 g/mol. The van der Waals surface area contributed by atoms with Crippen LogP contribution in [-0.4, -0.2) is 15.2 Å². The van der Waals surface area contributed by atoms with Crippen molar-refractivity contribution < 1.29 is 0 Å². The maximum absolute atomic E-state index is 4.88. The van der Waals surface area contributed by atoms with Crippen LogP contribution >= 0.6 is 0 Å². The van der Waals surface area contributed by atoms with E-state index in [0.717, 1.165) is 35.3 Å². The van der Waals surface area contributed by atoms with Crippen LogP contribution in [0.5, 0.6) is 0 Å². The van der Waals surface area contributed by atoms with Crippen LogP contribution in [0.1, 0.15) is 17.0 Å². The first-order valence-electron chi connectivity index (χ1n) is 7.59. The Kier molecular flexibility index (Phi) is 3.11. The minimum Gasteiger partial charge on any atom is -0.275 e. The number of hydrogen-bond donors (Lipinski definition) is 1. The topological polar surface area (TPSA) is 41.6 Å². The standard InChI is InChI=1S/C19H17N3/c1-13-18-19(22-21-13)16-10-6-5-9-15(16)17(20-18)12-11-14-7-3-2-4-8-14/h2-10H,11-12H2,1H3,(H,21,22). The monoisotopic (exact) mass is 287 g/mol. The van der Waals surface area contributed by atoms with Crippen LogP contribution in [0, 0.1) is 6.92 Å². The average Bonchev–Trinajstić information content (AvgIpc) is 2.95. The SMILES string of the molecule is Cc1n[nH]c2c1nc(CCc1ccccc1)c1ccccc12. The van der Waals surface area contributed by atoms with Crippen molar-refractivity contribution in [2.24, 2.45) is 0 Å². The van der Waals surface area contributed by atoms with E-state index in [4.69, 9.17) is 4.98 Å². The van der Waals surface area contributed by atoms with Crippen LogP contribution in [0.2, 0.25) is 0 Å². The predicted molar refractivity (Wildman–Crippen MR) is 90.0 cm³/mol. The molecule has 2 aromatic carbocycles. The summed E-state index contributed by atoms with van der Waals surface area (Å²) < 4.78 is 0. The van der Waals surface area contributed by atoms with Gasteiger partial charge in [-0.3, -0.25) is 5.10 Å². The highest BCUT2D eigenvalue weighted by molar-refractivity contribution is 6.05. The van der Waals surface area contributed by atoms with E-state index in [0.29, 0.717) is 0 Å². The molecule has 0 spiro atoms. The van der Waals surface area contributed by atoms with E-state index >= 15 is 0 Å². The van der Waals surface area contributed by atoms with Crippen molar-refractivity contribution >= 4 is 21.8 Å². The largest absolute Gasteiger partial charge is 0.275 e. The van der Waals surface area contributed by atoms with Gasteiger partial charge >= 0.3 is 0 Å². The molecule has 108 valence electrons. The van der Waals surface area contributed by atoms with Gasteiger partial charge in [0.2, 0.25) is 0 Å². The zero-order chi connectivity index (χ0) is 14.9. The molecule has 2 heterocycles. The van der Waals surface area contributed by atoms with Crippen LogP contribution in [0.3, 0.4) is 0 Å². The second-order valence-corrected chi connectivity index (χ2v) is 5.62. The van der Waals surface area contributed by atoms with Gasteiger partial charge in [-0.1, -0.05) is 54.6 Å². The summed E-state index contributed by atoms with van der Waals surface area (Å²) in [6.07, 6.45) is 1.94. The number of aromatic nitrogens is 3. The van der Waals surface area contributed by atoms with E-state index in [-0.39, 0.29) is 0 Å². The van der Waals surface area contributed by atoms with E-state index in [1.807, 2.05) is 6.92 Å². The number of fused-ring (bicyclic) bond motifs is 3. The number of H-pyrrole nitrogens is 1. The molecular weight excluding hydrogens is 270 g/mol. The maximum atomic E-state index is 4.88. The second-order valence-electron chi connectivity index (χ2n) is 5.62. The summed E-state index contributed by atoms with van der Waals surface area (Å²) in [5.41, 5.74) is 5.48. The van der Waals surface area contributed by atoms with Crippen LogP contribution in [-0.2, 0) is 12.8 Å². The summed E-state index contributed by atoms with van der Waals surface area (Å²) in [6, 6.07) is 19.0. The number of nitrogens with zero attached hydrogens (tertiary/aromatic N) is 2. The zero-order valence-electron chi connectivity index (χ0n) is 12.5. The fourth-order valence-corrected chi connectivity index (χ4v) is 3.00. The molecule has 0 saturated heterocycles. The van der Waals surface area contributed by atoms with E-state index < -0.39 is 0 Å². The van der Waals surface area contributed by atoms with Crippen molar-refractivity contribution in [3.8, 4) is 0 Å². The van der Waals surface area contributed by atoms with Gasteiger partial charge in [0.25, 0.3) is 0 Å². The first-order chi connectivity index (χ1) is 10.8. The quantitative estimate of drug-likeness (QED) is 0.613. The van der Waals surface area contributed by atoms with Crippen molar-refractivity contribution in [1.82, 2.24) is 15.2 Å². The molecule has 0 amide bonds. The number of aryl methyl sites for hydroxylation is 3. The molecule has 3 heteroatoms. The molecule has 4 aromatic rings. The molecule has 0 atom stereocenters. The number of nitrogens with one attached hydrogen (secondary N) is 1. The minimum absolute atomic E-state index is 0.936. The Morgan fingerprint density at radius 1 is 0.864 bits per heavy atom. The Bertz CT molecular complexity index is 939. The van der Waals surface area contributed by atoms with Gasteiger partial charge < -0.3 is 0 Å². The Balaban J connectivity index is 1.82. The lowest BCUT2D eigenvalue weighted by molar-refractivity contribution is 0.933. The molecule has 0 bridgehead atoms. The predicted octanol–water partition coefficient (Wildman–Crippen LogP) is 4.20. The maximum Gasteiger partial charge on any atom is 0.112 e. The lowest BCUT2D eigenvalue weighted by atomic mass is 10.0. The van der Waals surface area contributed by atoms with E-state index in [2.05, 4.69) is 64.8 Å². The third-order valence-electron chi connectivity index (χ3n) is 4.16. The van der Waals surface area contributed by atoms with Gasteiger partial charge in [0.05, 0.1) is 11.2 Å². The van der Waals surface area contributed by atoms with Crippen molar-refractivity contribution in [2.45, 2.75) is 19.8 Å². The highest BCUT2D eigenvalue weighted by Gasteiger charge is 2.11. The van der Waals surface area contributed by atoms with Crippen LogP contribution in [0.25, 0.3) is 21.8 Å². The first-order valence-corrected chi connectivity index (χ1v) is 7.59. The summed E-state index contributed by atoms with van der Waals surface area (Å²) in [4.78, 5) is 4.88. The molecule has 0 aliphatic carbocycles. The number of hydrogen-bond acceptors (Lipinski definition) is 2. The van der Waals surface area contributed by atoms with Gasteiger partial charge in [-0.2, -0.15) is 5.10 Å². The fourth-order valence-electron chi connectivity index (χ4n) is 3.00. The second kappa shape index (κ2) is 5.26. The van der Waals surface area contributed by atoms with Crippen molar-refractivity contribution in [3.05, 3.63) is 71.5 Å². The molecule has 3 nitrogen and oxygen atoms in total. The van der Waals surface area contributed by atoms with E-state index in [1.165, 1.54) is 16.3 Å². The Morgan fingerprint density at radius 3 is 2.41 bits per heavy atom. The normalized spacial score (nSPS) is 11.3. The Hall–Kier alpha value is -2.68. The third-order valence-corrected chi connectivity index (χ3v) is 4.16. The summed E-state index contributed by atoms with van der Waals surface area (Å²) >= 11 is 0. The summed E-state index contributed by atoms with van der Waals surface area (Å²) in [5, 5.41) is 9.86. The molecule has 0 aliphatic heterocycles. The molecule has 0 unspecified atom stereocenters. The summed E-state index contributed by atoms with van der Waals surface area (Å²) in [6.45, 7) is 2.00. The van der Waals surface area contributed by atoms with Crippen molar-refractivity contribution in [1.29, 1.82) is 0 Å². The first kappa shape index (κ1) is 13.0. The third kappa shape index (κ3) is 2.15. The molecule has 2 aromatic heterocycles. The van der Waals surface area contributed by atoms with Crippen LogP contribution in [0.4, 0.5) is 0 Å². The summed E-state index contributed by atoms with van der Waals surface area (Å²) in [7, 11) is 0. The molecule has 22 heavy (non-hydrogen) atoms. The number of rotatable bonds is 3. The summed E-state index contributed by atoms with van der Waals surface area (Å²) in [5.74, 6) is 0. The fraction of sp³-hybridized carbons (Fsp3) is 0.158. The molecule has 4 rings (SSSR count). The molecule has 0 saturated carbocycles. The number of aromatic amines is 1. The Labute approximate surface area is 129 Å². The van der Waals surface area contributed by atoms with E-state index in [1.54, 1.807) is 0 Å². The lowest BCUT2D eigenvalue weighted by Gasteiger charge is -2.07. The van der Waals surface area contributed by atoms with Gasteiger partial charge in [0.1, 0.15) is 5.52 Å². The lowest BCUT2D eigenvalue weighted by Crippen LogP contribution is -1.97. The van der Waals surface area contributed by atoms with Gasteiger partial charge in [-0.05, 0) is 25.3 Å². The zero-order valence-corrected chi connectivity index (χ0v) is 12.5. The number of pyridine rings is 1. The van der Waals surface area contributed by atoms with Gasteiger partial charge in [0, 0.05) is 16.5 Å². The smallest absolute Gasteiger partial charge is 0.112 e. The molecule has 0 fully saturated rings. The van der Waals surface area contributed by atoms with Gasteiger partial charge in [-0.15, -0.1) is 0 Å². The molecule has 0 aliphatic rings. The highest BCUT2D eigenvalue weighted by Crippen LogP contribution is 2.27. The van der Waals surface area contributed by atoms with Crippen molar-refractivity contribution in [2.75, 3.05) is 0 Å². The molecular formula is C19H17N3. The highest BCUT2D eigenvalue weighted by atomic mass is 15.1. The van der Waals surface area contributed by atoms with E-state index in [9.17, 15) is 0 Å². The van der Waals surface area contributed by atoms with Gasteiger partial charge in [0.15, 0.2) is 0 Å². The van der Waals surface area contributed by atoms with Crippen LogP contribution in [0.15, 0.2) is 54.6 Å². The van der Waals surface area contributed by atoms with Gasteiger partial charge in [-0.25, -0.2) is 4.98 Å².